The molecule has 11 atom stereocenters. The van der Waals surface area contributed by atoms with Gasteiger partial charge in [0.2, 0.25) is 0 Å². The number of unbranched alkanes of at least 4 members (excludes halogenated alkanes) is 15. The Kier molecular flexibility index (Phi) is 42.6. The molecule has 0 aliphatic carbocycles. The molecule has 14 heteroatoms. The molecule has 14 nitrogen and oxygen atoms in total. The molecule has 430 valence electrons. The summed E-state index contributed by atoms with van der Waals surface area (Å²) in [4.78, 5) is 13.0. The number of carbonyl (C=O) groups excluding carboxylic acids is 1. The first kappa shape index (κ1) is 68.0. The summed E-state index contributed by atoms with van der Waals surface area (Å²) in [6.07, 6.45) is 46.2. The third-order valence-corrected chi connectivity index (χ3v) is 13.1. The van der Waals surface area contributed by atoms with Gasteiger partial charge in [0.05, 0.1) is 26.4 Å². The Morgan fingerprint density at radius 2 is 0.867 bits per heavy atom. The van der Waals surface area contributed by atoms with E-state index in [2.05, 4.69) is 98.9 Å². The predicted molar refractivity (Wildman–Crippen MR) is 298 cm³/mol. The summed E-state index contributed by atoms with van der Waals surface area (Å²) in [7, 11) is 0. The Bertz CT molecular complexity index is 1610. The third-order valence-electron chi connectivity index (χ3n) is 13.1. The highest BCUT2D eigenvalue weighted by atomic mass is 16.7. The summed E-state index contributed by atoms with van der Waals surface area (Å²) >= 11 is 0. The van der Waals surface area contributed by atoms with Crippen LogP contribution in [-0.2, 0) is 33.2 Å². The average molecular weight is 1060 g/mol. The van der Waals surface area contributed by atoms with Crippen LogP contribution in [0.3, 0.4) is 0 Å². The van der Waals surface area contributed by atoms with Crippen LogP contribution in [0.1, 0.15) is 181 Å². The zero-order chi connectivity index (χ0) is 54.4. The molecule has 7 N–H and O–H groups in total. The van der Waals surface area contributed by atoms with Gasteiger partial charge in [-0.2, -0.15) is 0 Å². The second kappa shape index (κ2) is 47.0. The predicted octanol–water partition coefficient (Wildman–Crippen LogP) is 10.2. The van der Waals surface area contributed by atoms with Gasteiger partial charge in [-0.25, -0.2) is 0 Å². The molecule has 0 amide bonds. The fraction of sp³-hybridized carbons (Fsp3) is 0.721. The maximum absolute atomic E-state index is 13.0. The van der Waals surface area contributed by atoms with Crippen LogP contribution in [0.2, 0.25) is 0 Å². The molecule has 0 bridgehead atoms. The number of aliphatic hydroxyl groups is 7. The number of aliphatic hydroxyl groups excluding tert-OH is 7. The van der Waals surface area contributed by atoms with E-state index in [9.17, 15) is 40.5 Å². The van der Waals surface area contributed by atoms with Gasteiger partial charge in [-0.1, -0.05) is 188 Å². The Balaban J connectivity index is 1.76. The molecule has 75 heavy (non-hydrogen) atoms. The van der Waals surface area contributed by atoms with Crippen LogP contribution in [0.15, 0.2) is 97.2 Å². The lowest BCUT2D eigenvalue weighted by atomic mass is 9.98. The Morgan fingerprint density at radius 1 is 0.453 bits per heavy atom. The molecule has 0 aromatic carbocycles. The molecule has 2 rings (SSSR count). The monoisotopic (exact) mass is 1060 g/mol. The van der Waals surface area contributed by atoms with Gasteiger partial charge in [0.15, 0.2) is 12.6 Å². The van der Waals surface area contributed by atoms with Crippen molar-refractivity contribution in [2.45, 2.75) is 248 Å². The van der Waals surface area contributed by atoms with Crippen LogP contribution in [0.25, 0.3) is 0 Å². The minimum Gasteiger partial charge on any atom is -0.457 e. The van der Waals surface area contributed by atoms with Crippen molar-refractivity contribution in [3.8, 4) is 0 Å². The summed E-state index contributed by atoms with van der Waals surface area (Å²) < 4.78 is 34.3. The van der Waals surface area contributed by atoms with Crippen molar-refractivity contribution in [1.29, 1.82) is 0 Å². The fourth-order valence-electron chi connectivity index (χ4n) is 8.46. The Hall–Kier alpha value is -3.09. The van der Waals surface area contributed by atoms with Crippen molar-refractivity contribution in [1.82, 2.24) is 0 Å². The molecule has 0 radical (unpaired) electrons. The van der Waals surface area contributed by atoms with Crippen LogP contribution in [-0.4, -0.2) is 142 Å². The number of allylic oxidation sites excluding steroid dienone is 16. The summed E-state index contributed by atoms with van der Waals surface area (Å²) in [5.74, 6) is -0.461. The molecule has 2 heterocycles. The van der Waals surface area contributed by atoms with E-state index in [0.717, 1.165) is 70.6 Å². The van der Waals surface area contributed by atoms with Crippen LogP contribution >= 0.6 is 0 Å². The van der Waals surface area contributed by atoms with Gasteiger partial charge >= 0.3 is 5.97 Å². The number of ether oxygens (including phenoxy) is 6. The van der Waals surface area contributed by atoms with E-state index in [1.165, 1.54) is 83.5 Å². The van der Waals surface area contributed by atoms with Gasteiger partial charge in [0, 0.05) is 13.0 Å². The van der Waals surface area contributed by atoms with Crippen LogP contribution < -0.4 is 0 Å². The maximum atomic E-state index is 13.0. The number of hydrogen-bond acceptors (Lipinski definition) is 14. The lowest BCUT2D eigenvalue weighted by Gasteiger charge is -2.42. The molecule has 2 aliphatic heterocycles. The molecule has 2 saturated heterocycles. The molecule has 2 fully saturated rings. The van der Waals surface area contributed by atoms with Crippen molar-refractivity contribution in [2.24, 2.45) is 0 Å². The van der Waals surface area contributed by atoms with Crippen LogP contribution in [0.5, 0.6) is 0 Å². The van der Waals surface area contributed by atoms with E-state index in [1.807, 2.05) is 12.2 Å². The van der Waals surface area contributed by atoms with Gasteiger partial charge < -0.3 is 64.2 Å². The lowest BCUT2D eigenvalue weighted by molar-refractivity contribution is -0.332. The van der Waals surface area contributed by atoms with Gasteiger partial charge in [0.25, 0.3) is 0 Å². The molecule has 0 aromatic heterocycles. The molecule has 2 aliphatic rings. The van der Waals surface area contributed by atoms with Crippen molar-refractivity contribution >= 4 is 5.97 Å². The smallest absolute Gasteiger partial charge is 0.306 e. The molecule has 0 saturated carbocycles. The molecule has 0 aromatic rings. The Morgan fingerprint density at radius 3 is 1.36 bits per heavy atom. The minimum absolute atomic E-state index is 0.0232. The molecule has 11 unspecified atom stereocenters. The number of esters is 1. The van der Waals surface area contributed by atoms with E-state index in [4.69, 9.17) is 28.4 Å². The first-order valence-electron chi connectivity index (χ1n) is 28.8. The first-order valence-corrected chi connectivity index (χ1v) is 28.8. The molecular formula is C61H102O14. The largest absolute Gasteiger partial charge is 0.457 e. The second-order valence-corrected chi connectivity index (χ2v) is 19.7. The fourth-order valence-corrected chi connectivity index (χ4v) is 8.46. The lowest BCUT2D eigenvalue weighted by Crippen LogP contribution is -2.61. The van der Waals surface area contributed by atoms with Gasteiger partial charge in [0.1, 0.15) is 54.9 Å². The van der Waals surface area contributed by atoms with Gasteiger partial charge in [-0.05, 0) is 83.5 Å². The molecule has 0 spiro atoms. The van der Waals surface area contributed by atoms with Crippen molar-refractivity contribution in [2.75, 3.05) is 33.0 Å². The van der Waals surface area contributed by atoms with Crippen LogP contribution in [0.4, 0.5) is 0 Å². The topological polar surface area (TPSA) is 214 Å². The summed E-state index contributed by atoms with van der Waals surface area (Å²) in [6, 6.07) is 0. The van der Waals surface area contributed by atoms with Crippen molar-refractivity contribution in [3.63, 3.8) is 0 Å². The first-order chi connectivity index (χ1) is 36.6. The number of carbonyl (C=O) groups is 1. The van der Waals surface area contributed by atoms with Crippen LogP contribution in [0, 0.1) is 0 Å². The average Bonchev–Trinajstić information content (AvgIpc) is 3.41. The third kappa shape index (κ3) is 33.7. The highest BCUT2D eigenvalue weighted by molar-refractivity contribution is 5.69. The van der Waals surface area contributed by atoms with Crippen molar-refractivity contribution in [3.05, 3.63) is 97.2 Å². The van der Waals surface area contributed by atoms with E-state index in [1.54, 1.807) is 0 Å². The maximum Gasteiger partial charge on any atom is 0.306 e. The van der Waals surface area contributed by atoms with E-state index >= 15 is 0 Å². The quantitative estimate of drug-likeness (QED) is 0.0172. The summed E-state index contributed by atoms with van der Waals surface area (Å²) in [6.45, 7) is 3.45. The zero-order valence-corrected chi connectivity index (χ0v) is 46.0. The van der Waals surface area contributed by atoms with Gasteiger partial charge in [-0.15, -0.1) is 0 Å². The second-order valence-electron chi connectivity index (χ2n) is 19.7. The zero-order valence-electron chi connectivity index (χ0n) is 46.0. The highest BCUT2D eigenvalue weighted by Gasteiger charge is 2.47. The van der Waals surface area contributed by atoms with Crippen molar-refractivity contribution < 1.29 is 69.0 Å². The number of hydrogen-bond donors (Lipinski definition) is 7. The molecular weight excluding hydrogens is 957 g/mol. The minimum atomic E-state index is -1.73. The van der Waals surface area contributed by atoms with E-state index < -0.39 is 86.7 Å². The van der Waals surface area contributed by atoms with E-state index in [-0.39, 0.29) is 19.6 Å². The summed E-state index contributed by atoms with van der Waals surface area (Å²) in [5.41, 5.74) is 0. The standard InChI is InChI=1S/C61H102O14/c1-3-5-7-9-11-13-15-17-19-21-23-24-25-27-29-31-33-35-37-39-41-43-45-70-47-50(73-53(63)44-42-40-38-36-34-32-30-28-26-22-20-18-16-14-12-10-8-6-4-2)48-71-60-59(69)57(67)55(65)52(75-60)49-72-61-58(68)56(66)54(64)51(46-62)74-61/h6,8,12,14-15,17-18,20-21,23,26,28,32,34,38,40,50-52,54-62,64-69H,3-5,7,9-11,13,16,19,22,24-25,27,29-31,33,35-37,39,41-49H2,1-2H3/b8-6-,14-12-,17-15-,20-18-,23-21-,28-26-,34-32-,40-38-. The van der Waals surface area contributed by atoms with E-state index in [0.29, 0.717) is 13.0 Å². The normalized spacial score (nSPS) is 25.3. The highest BCUT2D eigenvalue weighted by Crippen LogP contribution is 2.26. The summed E-state index contributed by atoms with van der Waals surface area (Å²) in [5, 5.41) is 72.3. The SMILES string of the molecule is CC/C=C\C/C=C\C/C=C\C/C=C\C/C=C\C/C=C\CCC(=O)OC(COCCCCCCCCCCCC/C=C\C/C=C\CCCCCCC)COC1OC(COC2OC(CO)C(O)C(O)C2O)C(O)C(O)C1O. The number of rotatable bonds is 45. The Labute approximate surface area is 452 Å². The van der Waals surface area contributed by atoms with Gasteiger partial charge in [-0.3, -0.25) is 4.79 Å².